The lowest BCUT2D eigenvalue weighted by Gasteiger charge is -2.08. The van der Waals surface area contributed by atoms with Gasteiger partial charge in [0, 0.05) is 45.3 Å². The van der Waals surface area contributed by atoms with Gasteiger partial charge in [-0.2, -0.15) is 0 Å². The average Bonchev–Trinajstić information content (AvgIpc) is 2.80. The van der Waals surface area contributed by atoms with Crippen LogP contribution in [0.1, 0.15) is 103 Å². The largest absolute Gasteiger partial charge is 0.481 e. The number of amides is 3. The number of hydrogen-bond acceptors (Lipinski definition) is 5. The van der Waals surface area contributed by atoms with E-state index in [1.165, 1.54) is 0 Å². The molecule has 0 aliphatic heterocycles. The van der Waals surface area contributed by atoms with Gasteiger partial charge in [0.05, 0.1) is 13.2 Å². The molecule has 9 heteroatoms. The normalized spacial score (nSPS) is 10.6. The summed E-state index contributed by atoms with van der Waals surface area (Å²) >= 11 is 0. The summed E-state index contributed by atoms with van der Waals surface area (Å²) in [6.07, 6.45) is 12.3. The van der Waals surface area contributed by atoms with E-state index < -0.39 is 5.97 Å². The van der Waals surface area contributed by atoms with Crippen molar-refractivity contribution in [2.45, 2.75) is 103 Å². The van der Waals surface area contributed by atoms with Crippen LogP contribution in [0.15, 0.2) is 0 Å². The molecule has 0 heterocycles. The Hall–Kier alpha value is -2.16. The molecule has 0 radical (unpaired) electrons. The molecule has 0 aromatic rings. The van der Waals surface area contributed by atoms with Crippen LogP contribution in [0.3, 0.4) is 0 Å². The fourth-order valence-electron chi connectivity index (χ4n) is 3.30. The third kappa shape index (κ3) is 24.5. The van der Waals surface area contributed by atoms with Gasteiger partial charge >= 0.3 is 5.97 Å². The van der Waals surface area contributed by atoms with Crippen LogP contribution in [0.2, 0.25) is 0 Å². The maximum absolute atomic E-state index is 11.8. The van der Waals surface area contributed by atoms with E-state index in [0.29, 0.717) is 52.1 Å². The molecule has 0 saturated carbocycles. The Kier molecular flexibility index (Phi) is 22.5. The molecular weight excluding hydrogens is 438 g/mol. The number of carbonyl (C=O) groups excluding carboxylic acids is 3. The Morgan fingerprint density at radius 3 is 1.59 bits per heavy atom. The summed E-state index contributed by atoms with van der Waals surface area (Å²) in [6, 6.07) is 0. The van der Waals surface area contributed by atoms with E-state index in [2.05, 4.69) is 16.0 Å². The van der Waals surface area contributed by atoms with E-state index in [4.69, 9.17) is 9.84 Å². The molecule has 0 fully saturated rings. The highest BCUT2D eigenvalue weighted by atomic mass is 16.5. The van der Waals surface area contributed by atoms with Gasteiger partial charge < -0.3 is 25.8 Å². The molecule has 0 unspecified atom stereocenters. The van der Waals surface area contributed by atoms with Gasteiger partial charge in [-0.15, -0.1) is 0 Å². The summed E-state index contributed by atoms with van der Waals surface area (Å²) in [7, 11) is 0. The van der Waals surface area contributed by atoms with Crippen LogP contribution in [-0.2, 0) is 23.9 Å². The fraction of sp³-hybridized carbons (Fsp3) is 0.840. The molecule has 3 amide bonds. The number of nitrogens with one attached hydrogen (secondary N) is 3. The molecule has 0 spiro atoms. The number of hydrogen-bond donors (Lipinski definition) is 4. The predicted octanol–water partition coefficient (Wildman–Crippen LogP) is 3.31. The summed E-state index contributed by atoms with van der Waals surface area (Å²) in [6.45, 7) is 4.27. The molecule has 0 aromatic heterocycles. The van der Waals surface area contributed by atoms with E-state index in [1.807, 2.05) is 6.92 Å². The summed E-state index contributed by atoms with van der Waals surface area (Å²) in [4.78, 5) is 45.4. The molecule has 0 bridgehead atoms. The smallest absolute Gasteiger partial charge is 0.303 e. The zero-order chi connectivity index (χ0) is 25.3. The standard InChI is InChI=1S/C25H47N3O6/c1-2-3-13-22(29)26-17-12-18-27-24(31)16-20-34-21-19-28-23(30)14-10-8-6-4-5-7-9-11-15-25(32)33/h2-21H2,1H3,(H,26,29)(H,27,31)(H,28,30)(H,32,33). The van der Waals surface area contributed by atoms with Crippen molar-refractivity contribution in [3.8, 4) is 0 Å². The summed E-state index contributed by atoms with van der Waals surface area (Å²) in [5.41, 5.74) is 0. The molecular formula is C25H47N3O6. The number of carboxylic acids is 1. The minimum Gasteiger partial charge on any atom is -0.481 e. The Morgan fingerprint density at radius 2 is 1.03 bits per heavy atom. The predicted molar refractivity (Wildman–Crippen MR) is 132 cm³/mol. The second kappa shape index (κ2) is 24.0. The van der Waals surface area contributed by atoms with Crippen LogP contribution >= 0.6 is 0 Å². The van der Waals surface area contributed by atoms with Crippen molar-refractivity contribution >= 4 is 23.7 Å². The molecule has 198 valence electrons. The van der Waals surface area contributed by atoms with Gasteiger partial charge in [0.1, 0.15) is 0 Å². The van der Waals surface area contributed by atoms with Crippen molar-refractivity contribution in [1.29, 1.82) is 0 Å². The monoisotopic (exact) mass is 485 g/mol. The summed E-state index contributed by atoms with van der Waals surface area (Å²) < 4.78 is 5.40. The first-order valence-corrected chi connectivity index (χ1v) is 13.0. The first-order valence-electron chi connectivity index (χ1n) is 13.0. The minimum absolute atomic E-state index is 0.0248. The van der Waals surface area contributed by atoms with Gasteiger partial charge in [-0.05, 0) is 25.7 Å². The number of aliphatic carboxylic acids is 1. The van der Waals surface area contributed by atoms with E-state index in [-0.39, 0.29) is 30.6 Å². The van der Waals surface area contributed by atoms with Crippen molar-refractivity contribution in [3.63, 3.8) is 0 Å². The molecule has 0 aromatic carbocycles. The minimum atomic E-state index is -0.721. The summed E-state index contributed by atoms with van der Waals surface area (Å²) in [5.74, 6) is -0.716. The van der Waals surface area contributed by atoms with E-state index in [9.17, 15) is 19.2 Å². The molecule has 0 aliphatic carbocycles. The Bertz CT molecular complexity index is 557. The van der Waals surface area contributed by atoms with Gasteiger partial charge in [-0.3, -0.25) is 19.2 Å². The van der Waals surface area contributed by atoms with Crippen LogP contribution in [0.5, 0.6) is 0 Å². The Labute approximate surface area is 205 Å². The quantitative estimate of drug-likeness (QED) is 0.155. The zero-order valence-corrected chi connectivity index (χ0v) is 21.1. The highest BCUT2D eigenvalue weighted by molar-refractivity contribution is 5.76. The summed E-state index contributed by atoms with van der Waals surface area (Å²) in [5, 5.41) is 17.0. The maximum Gasteiger partial charge on any atom is 0.303 e. The molecule has 4 N–H and O–H groups in total. The highest BCUT2D eigenvalue weighted by Gasteiger charge is 2.04. The van der Waals surface area contributed by atoms with Crippen LogP contribution in [0.25, 0.3) is 0 Å². The second-order valence-electron chi connectivity index (χ2n) is 8.59. The molecule has 9 nitrogen and oxygen atoms in total. The van der Waals surface area contributed by atoms with Crippen molar-refractivity contribution in [1.82, 2.24) is 16.0 Å². The third-order valence-electron chi connectivity index (χ3n) is 5.34. The van der Waals surface area contributed by atoms with Gasteiger partial charge in [-0.1, -0.05) is 51.9 Å². The Morgan fingerprint density at radius 1 is 0.559 bits per heavy atom. The van der Waals surface area contributed by atoms with Crippen molar-refractivity contribution in [3.05, 3.63) is 0 Å². The fourth-order valence-corrected chi connectivity index (χ4v) is 3.30. The van der Waals surface area contributed by atoms with Crippen molar-refractivity contribution in [2.24, 2.45) is 0 Å². The van der Waals surface area contributed by atoms with E-state index >= 15 is 0 Å². The van der Waals surface area contributed by atoms with Gasteiger partial charge in [-0.25, -0.2) is 0 Å². The lowest BCUT2D eigenvalue weighted by atomic mass is 10.1. The van der Waals surface area contributed by atoms with E-state index in [1.54, 1.807) is 0 Å². The highest BCUT2D eigenvalue weighted by Crippen LogP contribution is 2.10. The first-order chi connectivity index (χ1) is 16.5. The zero-order valence-electron chi connectivity index (χ0n) is 21.1. The third-order valence-corrected chi connectivity index (χ3v) is 5.34. The van der Waals surface area contributed by atoms with Gasteiger partial charge in [0.25, 0.3) is 0 Å². The number of unbranched alkanes of at least 4 members (excludes halogenated alkanes) is 8. The second-order valence-corrected chi connectivity index (χ2v) is 8.59. The lowest BCUT2D eigenvalue weighted by molar-refractivity contribution is -0.137. The molecule has 34 heavy (non-hydrogen) atoms. The lowest BCUT2D eigenvalue weighted by Crippen LogP contribution is -2.30. The average molecular weight is 486 g/mol. The van der Waals surface area contributed by atoms with Crippen molar-refractivity contribution in [2.75, 3.05) is 32.8 Å². The van der Waals surface area contributed by atoms with Crippen LogP contribution in [-0.4, -0.2) is 61.6 Å². The van der Waals surface area contributed by atoms with Crippen molar-refractivity contribution < 1.29 is 29.0 Å². The molecule has 0 aliphatic rings. The SMILES string of the molecule is CCCCC(=O)NCCCNC(=O)CCOCCNC(=O)CCCCCCCCCCC(=O)O. The number of rotatable bonds is 24. The van der Waals surface area contributed by atoms with Gasteiger partial charge in [0.15, 0.2) is 0 Å². The van der Waals surface area contributed by atoms with Crippen LogP contribution in [0.4, 0.5) is 0 Å². The van der Waals surface area contributed by atoms with E-state index in [0.717, 1.165) is 64.2 Å². The Balaban J connectivity index is 3.35. The maximum atomic E-state index is 11.8. The molecule has 0 atom stereocenters. The van der Waals surface area contributed by atoms with Crippen LogP contribution in [0, 0.1) is 0 Å². The van der Waals surface area contributed by atoms with Gasteiger partial charge in [0.2, 0.25) is 17.7 Å². The molecule has 0 rings (SSSR count). The number of carbonyl (C=O) groups is 4. The first kappa shape index (κ1) is 31.8. The number of carboxylic acid groups (broad SMARTS) is 1. The number of ether oxygens (including phenoxy) is 1. The molecule has 0 saturated heterocycles. The topological polar surface area (TPSA) is 134 Å². The van der Waals surface area contributed by atoms with Crippen LogP contribution < -0.4 is 16.0 Å².